The molecule has 0 radical (unpaired) electrons. The van der Waals surface area contributed by atoms with Crippen LogP contribution in [0.25, 0.3) is 11.0 Å². The third kappa shape index (κ3) is 4.33. The molecule has 2 aromatic carbocycles. The molecule has 164 valence electrons. The van der Waals surface area contributed by atoms with Gasteiger partial charge in [-0.25, -0.2) is 17.8 Å². The summed E-state index contributed by atoms with van der Waals surface area (Å²) in [4.78, 5) is 17.6. The summed E-state index contributed by atoms with van der Waals surface area (Å²) in [6.07, 6.45) is 2.05. The number of rotatable bonds is 6. The van der Waals surface area contributed by atoms with Crippen molar-refractivity contribution in [3.63, 3.8) is 0 Å². The van der Waals surface area contributed by atoms with Crippen molar-refractivity contribution in [1.82, 2.24) is 13.9 Å². The number of carbonyl (C=O) groups is 1. The summed E-state index contributed by atoms with van der Waals surface area (Å²) in [6, 6.07) is 12.4. The second-order valence-electron chi connectivity index (χ2n) is 7.72. The number of para-hydroxylation sites is 2. The third-order valence-electron chi connectivity index (χ3n) is 5.54. The number of nitrogens with zero attached hydrogens (tertiary/aromatic N) is 3. The molecule has 1 N–H and O–H groups in total. The zero-order chi connectivity index (χ0) is 22.0. The lowest BCUT2D eigenvalue weighted by molar-refractivity contribution is -0.120. The van der Waals surface area contributed by atoms with E-state index in [9.17, 15) is 17.6 Å². The lowest BCUT2D eigenvalue weighted by atomic mass is 9.99. The molecule has 9 heteroatoms. The van der Waals surface area contributed by atoms with Crippen LogP contribution in [-0.2, 0) is 21.4 Å². The van der Waals surface area contributed by atoms with Gasteiger partial charge in [-0.1, -0.05) is 19.1 Å². The summed E-state index contributed by atoms with van der Waals surface area (Å²) >= 11 is 0. The van der Waals surface area contributed by atoms with Crippen molar-refractivity contribution in [2.24, 2.45) is 5.92 Å². The van der Waals surface area contributed by atoms with Gasteiger partial charge in [-0.15, -0.1) is 0 Å². The van der Waals surface area contributed by atoms with Gasteiger partial charge >= 0.3 is 0 Å². The molecule has 1 atom stereocenters. The maximum atomic E-state index is 13.2. The monoisotopic (exact) mass is 444 g/mol. The molecule has 7 nitrogen and oxygen atoms in total. The first-order chi connectivity index (χ1) is 14.9. The van der Waals surface area contributed by atoms with Gasteiger partial charge in [-0.05, 0) is 55.7 Å². The molecule has 31 heavy (non-hydrogen) atoms. The molecule has 0 bridgehead atoms. The Morgan fingerprint density at radius 3 is 2.68 bits per heavy atom. The van der Waals surface area contributed by atoms with Crippen LogP contribution < -0.4 is 5.32 Å². The van der Waals surface area contributed by atoms with Crippen molar-refractivity contribution in [1.29, 1.82) is 0 Å². The number of aryl methyl sites for hydroxylation is 1. The normalized spacial score (nSPS) is 17.7. The number of fused-ring (bicyclic) bond motifs is 1. The van der Waals surface area contributed by atoms with Gasteiger partial charge in [-0.3, -0.25) is 10.1 Å². The predicted octanol–water partition coefficient (Wildman–Crippen LogP) is 3.62. The van der Waals surface area contributed by atoms with E-state index in [1.165, 1.54) is 16.4 Å². The smallest absolute Gasteiger partial charge is 0.243 e. The van der Waals surface area contributed by atoms with E-state index < -0.39 is 21.8 Å². The highest BCUT2D eigenvalue weighted by Gasteiger charge is 2.33. The molecule has 3 aromatic rings. The van der Waals surface area contributed by atoms with E-state index in [1.807, 2.05) is 28.8 Å². The number of anilines is 1. The van der Waals surface area contributed by atoms with Crippen molar-refractivity contribution >= 4 is 32.9 Å². The number of imidazole rings is 1. The first-order valence-corrected chi connectivity index (χ1v) is 11.9. The second-order valence-corrected chi connectivity index (χ2v) is 9.66. The van der Waals surface area contributed by atoms with Gasteiger partial charge in [0.25, 0.3) is 0 Å². The fourth-order valence-electron chi connectivity index (χ4n) is 3.96. The largest absolute Gasteiger partial charge is 0.310 e. The van der Waals surface area contributed by atoms with E-state index in [2.05, 4.69) is 17.2 Å². The highest BCUT2D eigenvalue weighted by atomic mass is 32.2. The molecule has 2 heterocycles. The Kier molecular flexibility index (Phi) is 6.06. The van der Waals surface area contributed by atoms with Crippen LogP contribution in [0.3, 0.4) is 0 Å². The first-order valence-electron chi connectivity index (χ1n) is 10.4. The van der Waals surface area contributed by atoms with Crippen molar-refractivity contribution < 1.29 is 17.6 Å². The SMILES string of the molecule is CCCn1c(NC(=O)[C@@H]2CCCN(S(=O)(=O)c3ccc(F)cc3)C2)nc2ccccc21. The van der Waals surface area contributed by atoms with Crippen LogP contribution in [0.2, 0.25) is 0 Å². The lowest BCUT2D eigenvalue weighted by Gasteiger charge is -2.31. The second kappa shape index (κ2) is 8.76. The number of nitrogens with one attached hydrogen (secondary N) is 1. The van der Waals surface area contributed by atoms with E-state index in [0.717, 1.165) is 29.6 Å². The highest BCUT2D eigenvalue weighted by molar-refractivity contribution is 7.89. The van der Waals surface area contributed by atoms with Crippen molar-refractivity contribution in [3.05, 3.63) is 54.3 Å². The lowest BCUT2D eigenvalue weighted by Crippen LogP contribution is -2.43. The molecule has 0 aliphatic carbocycles. The fourth-order valence-corrected chi connectivity index (χ4v) is 5.49. The molecule has 1 aromatic heterocycles. The number of amides is 1. The van der Waals surface area contributed by atoms with E-state index in [-0.39, 0.29) is 17.3 Å². The van der Waals surface area contributed by atoms with Crippen LogP contribution in [0.4, 0.5) is 10.3 Å². The molecule has 1 amide bonds. The molecule has 1 fully saturated rings. The third-order valence-corrected chi connectivity index (χ3v) is 7.42. The Labute approximate surface area is 180 Å². The van der Waals surface area contributed by atoms with Crippen LogP contribution >= 0.6 is 0 Å². The summed E-state index contributed by atoms with van der Waals surface area (Å²) in [7, 11) is -3.79. The van der Waals surface area contributed by atoms with Crippen LogP contribution in [0.15, 0.2) is 53.4 Å². The van der Waals surface area contributed by atoms with Gasteiger partial charge in [0.1, 0.15) is 5.82 Å². The zero-order valence-electron chi connectivity index (χ0n) is 17.3. The standard InChI is InChI=1S/C22H25FN4O3S/c1-2-13-27-20-8-4-3-7-19(20)24-22(27)25-21(28)16-6-5-14-26(15-16)31(29,30)18-11-9-17(23)10-12-18/h3-4,7-12,16H,2,5-6,13-15H2,1H3,(H,24,25,28)/t16-/m1/s1. The van der Waals surface area contributed by atoms with Gasteiger partial charge in [0.05, 0.1) is 21.8 Å². The summed E-state index contributed by atoms with van der Waals surface area (Å²) in [5.41, 5.74) is 1.75. The molecule has 1 saturated heterocycles. The van der Waals surface area contributed by atoms with E-state index >= 15 is 0 Å². The van der Waals surface area contributed by atoms with Crippen LogP contribution in [0, 0.1) is 11.7 Å². The Morgan fingerprint density at radius 2 is 1.94 bits per heavy atom. The van der Waals surface area contributed by atoms with E-state index in [4.69, 9.17) is 0 Å². The molecule has 0 saturated carbocycles. The zero-order valence-corrected chi connectivity index (χ0v) is 18.1. The van der Waals surface area contributed by atoms with Crippen molar-refractivity contribution in [2.45, 2.75) is 37.6 Å². The van der Waals surface area contributed by atoms with Gasteiger partial charge < -0.3 is 4.57 Å². The van der Waals surface area contributed by atoms with Crippen LogP contribution in [-0.4, -0.2) is 41.3 Å². The maximum Gasteiger partial charge on any atom is 0.243 e. The minimum Gasteiger partial charge on any atom is -0.310 e. The number of carbonyl (C=O) groups excluding carboxylic acids is 1. The Bertz CT molecular complexity index is 1190. The number of aromatic nitrogens is 2. The minimum absolute atomic E-state index is 0.0275. The number of piperidine rings is 1. The Balaban J connectivity index is 1.53. The number of sulfonamides is 1. The van der Waals surface area contributed by atoms with Gasteiger partial charge in [-0.2, -0.15) is 4.31 Å². The molecule has 1 aliphatic rings. The number of benzene rings is 2. The summed E-state index contributed by atoms with van der Waals surface area (Å²) in [5, 5.41) is 2.92. The molecule has 0 unspecified atom stereocenters. The summed E-state index contributed by atoms with van der Waals surface area (Å²) in [6.45, 7) is 3.18. The maximum absolute atomic E-state index is 13.2. The fraction of sp³-hybridized carbons (Fsp3) is 0.364. The number of hydrogen-bond acceptors (Lipinski definition) is 4. The van der Waals surface area contributed by atoms with Crippen LogP contribution in [0.5, 0.6) is 0 Å². The number of hydrogen-bond donors (Lipinski definition) is 1. The topological polar surface area (TPSA) is 84.3 Å². The quantitative estimate of drug-likeness (QED) is 0.629. The van der Waals surface area contributed by atoms with E-state index in [0.29, 0.717) is 31.9 Å². The van der Waals surface area contributed by atoms with E-state index in [1.54, 1.807) is 0 Å². The van der Waals surface area contributed by atoms with Gasteiger partial charge in [0.2, 0.25) is 21.9 Å². The molecule has 4 rings (SSSR count). The minimum atomic E-state index is -3.79. The predicted molar refractivity (Wildman–Crippen MR) is 117 cm³/mol. The molecule has 1 aliphatic heterocycles. The van der Waals surface area contributed by atoms with Gasteiger partial charge in [0.15, 0.2) is 0 Å². The van der Waals surface area contributed by atoms with Crippen molar-refractivity contribution in [2.75, 3.05) is 18.4 Å². The Morgan fingerprint density at radius 1 is 1.19 bits per heavy atom. The average molecular weight is 445 g/mol. The number of halogens is 1. The van der Waals surface area contributed by atoms with Gasteiger partial charge in [0, 0.05) is 19.6 Å². The van der Waals surface area contributed by atoms with Crippen LogP contribution in [0.1, 0.15) is 26.2 Å². The Hall–Kier alpha value is -2.78. The summed E-state index contributed by atoms with van der Waals surface area (Å²) in [5.74, 6) is -0.748. The molecular weight excluding hydrogens is 419 g/mol. The first kappa shape index (κ1) is 21.5. The highest BCUT2D eigenvalue weighted by Crippen LogP contribution is 2.26. The molecular formula is C22H25FN4O3S. The summed E-state index contributed by atoms with van der Waals surface area (Å²) < 4.78 is 42.3. The molecule has 0 spiro atoms. The average Bonchev–Trinajstić information content (AvgIpc) is 3.11. The van der Waals surface area contributed by atoms with Crippen molar-refractivity contribution in [3.8, 4) is 0 Å².